The van der Waals surface area contributed by atoms with E-state index in [1.165, 1.54) is 12.8 Å². The van der Waals surface area contributed by atoms with E-state index < -0.39 is 0 Å². The molecule has 0 aromatic carbocycles. The fraction of sp³-hybridized carbons (Fsp3) is 0.538. The zero-order valence-electron chi connectivity index (χ0n) is 10.1. The van der Waals surface area contributed by atoms with Crippen LogP contribution in [0.1, 0.15) is 18.5 Å². The van der Waals surface area contributed by atoms with Crippen molar-refractivity contribution in [2.45, 2.75) is 12.8 Å². The smallest absolute Gasteiger partial charge is 0.140 e. The second-order valence-electron chi connectivity index (χ2n) is 4.45. The molecule has 1 heterocycles. The van der Waals surface area contributed by atoms with Crippen LogP contribution in [0.2, 0.25) is 0 Å². The van der Waals surface area contributed by atoms with E-state index >= 15 is 0 Å². The van der Waals surface area contributed by atoms with Crippen LogP contribution in [0.4, 0.5) is 5.69 Å². The summed E-state index contributed by atoms with van der Waals surface area (Å²) in [6.45, 7) is 2.49. The SMILES string of the molecule is CN(CCOCC1CC1)c1ccc(C#N)nc1. The van der Waals surface area contributed by atoms with Crippen molar-refractivity contribution in [2.24, 2.45) is 5.92 Å². The Labute approximate surface area is 102 Å². The second-order valence-corrected chi connectivity index (χ2v) is 4.45. The number of hydrogen-bond acceptors (Lipinski definition) is 4. The largest absolute Gasteiger partial charge is 0.379 e. The molecule has 4 heteroatoms. The highest BCUT2D eigenvalue weighted by atomic mass is 16.5. The van der Waals surface area contributed by atoms with E-state index in [1.807, 2.05) is 19.2 Å². The first kappa shape index (κ1) is 11.9. The zero-order valence-corrected chi connectivity index (χ0v) is 10.1. The van der Waals surface area contributed by atoms with Crippen molar-refractivity contribution >= 4 is 5.69 Å². The van der Waals surface area contributed by atoms with Gasteiger partial charge in [0.2, 0.25) is 0 Å². The van der Waals surface area contributed by atoms with Crippen LogP contribution < -0.4 is 4.90 Å². The highest BCUT2D eigenvalue weighted by molar-refractivity contribution is 5.44. The van der Waals surface area contributed by atoms with Gasteiger partial charge in [-0.2, -0.15) is 5.26 Å². The van der Waals surface area contributed by atoms with Gasteiger partial charge in [-0.3, -0.25) is 0 Å². The molecule has 0 atom stereocenters. The van der Waals surface area contributed by atoms with Crippen LogP contribution in [-0.4, -0.2) is 31.8 Å². The van der Waals surface area contributed by atoms with E-state index in [-0.39, 0.29) is 0 Å². The summed E-state index contributed by atoms with van der Waals surface area (Å²) in [5.41, 5.74) is 1.46. The van der Waals surface area contributed by atoms with Crippen molar-refractivity contribution in [3.8, 4) is 6.07 Å². The van der Waals surface area contributed by atoms with Gasteiger partial charge in [0.25, 0.3) is 0 Å². The van der Waals surface area contributed by atoms with Gasteiger partial charge < -0.3 is 9.64 Å². The minimum atomic E-state index is 0.451. The molecule has 1 aromatic rings. The van der Waals surface area contributed by atoms with Crippen molar-refractivity contribution in [3.05, 3.63) is 24.0 Å². The average Bonchev–Trinajstić information content (AvgIpc) is 3.18. The molecule has 0 amide bonds. The summed E-state index contributed by atoms with van der Waals surface area (Å²) in [5.74, 6) is 0.817. The summed E-state index contributed by atoms with van der Waals surface area (Å²) in [5, 5.41) is 8.65. The van der Waals surface area contributed by atoms with Gasteiger partial charge in [0, 0.05) is 20.2 Å². The summed E-state index contributed by atoms with van der Waals surface area (Å²) >= 11 is 0. The Kier molecular flexibility index (Phi) is 3.94. The third-order valence-corrected chi connectivity index (χ3v) is 2.92. The highest BCUT2D eigenvalue weighted by Crippen LogP contribution is 2.28. The first-order valence-corrected chi connectivity index (χ1v) is 5.94. The van der Waals surface area contributed by atoms with E-state index in [9.17, 15) is 0 Å². The minimum absolute atomic E-state index is 0.451. The fourth-order valence-corrected chi connectivity index (χ4v) is 1.54. The highest BCUT2D eigenvalue weighted by Gasteiger charge is 2.20. The van der Waals surface area contributed by atoms with E-state index in [0.717, 1.165) is 31.4 Å². The van der Waals surface area contributed by atoms with Crippen molar-refractivity contribution < 1.29 is 4.74 Å². The van der Waals surface area contributed by atoms with Gasteiger partial charge in [0.05, 0.1) is 18.5 Å². The van der Waals surface area contributed by atoms with Gasteiger partial charge in [0.15, 0.2) is 0 Å². The van der Waals surface area contributed by atoms with Crippen LogP contribution in [0.5, 0.6) is 0 Å². The molecule has 2 rings (SSSR count). The van der Waals surface area contributed by atoms with E-state index in [1.54, 1.807) is 12.3 Å². The molecule has 1 fully saturated rings. The molecule has 1 saturated carbocycles. The monoisotopic (exact) mass is 231 g/mol. The lowest BCUT2D eigenvalue weighted by Crippen LogP contribution is -2.23. The molecule has 4 nitrogen and oxygen atoms in total. The van der Waals surface area contributed by atoms with Gasteiger partial charge in [-0.05, 0) is 30.9 Å². The molecular weight excluding hydrogens is 214 g/mol. The van der Waals surface area contributed by atoms with Crippen LogP contribution in [0.15, 0.2) is 18.3 Å². The van der Waals surface area contributed by atoms with Gasteiger partial charge in [-0.25, -0.2) is 4.98 Å². The van der Waals surface area contributed by atoms with Crippen LogP contribution in [0.25, 0.3) is 0 Å². The van der Waals surface area contributed by atoms with Crippen LogP contribution in [-0.2, 0) is 4.74 Å². The Morgan fingerprint density at radius 2 is 2.35 bits per heavy atom. The maximum absolute atomic E-state index is 8.65. The summed E-state index contributed by atoms with van der Waals surface area (Å²) < 4.78 is 5.58. The maximum Gasteiger partial charge on any atom is 0.140 e. The normalized spacial score (nSPS) is 14.4. The summed E-state index contributed by atoms with van der Waals surface area (Å²) in [4.78, 5) is 6.13. The lowest BCUT2D eigenvalue weighted by molar-refractivity contribution is 0.131. The predicted molar refractivity (Wildman–Crippen MR) is 65.8 cm³/mol. The number of rotatable bonds is 6. The fourth-order valence-electron chi connectivity index (χ4n) is 1.54. The first-order valence-electron chi connectivity index (χ1n) is 5.94. The lowest BCUT2D eigenvalue weighted by Gasteiger charge is -2.18. The van der Waals surface area contributed by atoms with E-state index in [0.29, 0.717) is 5.69 Å². The third kappa shape index (κ3) is 3.72. The number of likely N-dealkylation sites (N-methyl/N-ethyl adjacent to an activating group) is 1. The molecule has 1 aliphatic carbocycles. The number of nitrogens with zero attached hydrogens (tertiary/aromatic N) is 3. The van der Waals surface area contributed by atoms with Crippen LogP contribution >= 0.6 is 0 Å². The lowest BCUT2D eigenvalue weighted by atomic mass is 10.3. The number of nitriles is 1. The van der Waals surface area contributed by atoms with Gasteiger partial charge in [0.1, 0.15) is 11.8 Å². The standard InChI is InChI=1S/C13H17N3O/c1-16(6-7-17-10-11-2-3-11)13-5-4-12(8-14)15-9-13/h4-5,9,11H,2-3,6-7,10H2,1H3. The van der Waals surface area contributed by atoms with Crippen LogP contribution in [0, 0.1) is 17.2 Å². The molecule has 0 bridgehead atoms. The van der Waals surface area contributed by atoms with Crippen molar-refractivity contribution in [1.29, 1.82) is 5.26 Å². The maximum atomic E-state index is 8.65. The number of pyridine rings is 1. The molecule has 17 heavy (non-hydrogen) atoms. The molecule has 1 aromatic heterocycles. The summed E-state index contributed by atoms with van der Waals surface area (Å²) in [6.07, 6.45) is 4.38. The average molecular weight is 231 g/mol. The quantitative estimate of drug-likeness (QED) is 0.701. The van der Waals surface area contributed by atoms with Crippen molar-refractivity contribution in [3.63, 3.8) is 0 Å². The number of aromatic nitrogens is 1. The third-order valence-electron chi connectivity index (χ3n) is 2.92. The zero-order chi connectivity index (χ0) is 12.1. The summed E-state index contributed by atoms with van der Waals surface area (Å²) in [7, 11) is 2.00. The Balaban J connectivity index is 1.73. The Hall–Kier alpha value is -1.60. The second kappa shape index (κ2) is 5.65. The van der Waals surface area contributed by atoms with Gasteiger partial charge >= 0.3 is 0 Å². The number of ether oxygens (including phenoxy) is 1. The Morgan fingerprint density at radius 3 is 2.94 bits per heavy atom. The topological polar surface area (TPSA) is 49.1 Å². The number of anilines is 1. The predicted octanol–water partition coefficient (Wildman–Crippen LogP) is 1.82. The van der Waals surface area contributed by atoms with Crippen molar-refractivity contribution in [2.75, 3.05) is 31.7 Å². The molecular formula is C13H17N3O. The molecule has 0 aliphatic heterocycles. The van der Waals surface area contributed by atoms with Crippen LogP contribution in [0.3, 0.4) is 0 Å². The molecule has 0 N–H and O–H groups in total. The number of hydrogen-bond donors (Lipinski definition) is 0. The molecule has 0 saturated heterocycles. The van der Waals surface area contributed by atoms with Crippen molar-refractivity contribution in [1.82, 2.24) is 4.98 Å². The molecule has 0 spiro atoms. The minimum Gasteiger partial charge on any atom is -0.379 e. The first-order chi connectivity index (χ1) is 8.29. The van der Waals surface area contributed by atoms with Gasteiger partial charge in [-0.15, -0.1) is 0 Å². The molecule has 0 radical (unpaired) electrons. The van der Waals surface area contributed by atoms with E-state index in [4.69, 9.17) is 10.00 Å². The molecule has 90 valence electrons. The Morgan fingerprint density at radius 1 is 1.53 bits per heavy atom. The summed E-state index contributed by atoms with van der Waals surface area (Å²) in [6, 6.07) is 5.65. The molecule has 1 aliphatic rings. The Bertz CT molecular complexity index is 392. The van der Waals surface area contributed by atoms with E-state index in [2.05, 4.69) is 9.88 Å². The van der Waals surface area contributed by atoms with Gasteiger partial charge in [-0.1, -0.05) is 0 Å². The molecule has 0 unspecified atom stereocenters.